The third kappa shape index (κ3) is 3.47. The highest BCUT2D eigenvalue weighted by Gasteiger charge is 2.31. The molecule has 1 aliphatic rings. The molecule has 1 amide bonds. The van der Waals surface area contributed by atoms with E-state index in [0.717, 1.165) is 36.2 Å². The Morgan fingerprint density at radius 2 is 2.18 bits per heavy atom. The number of nitriles is 1. The number of hydrogen-bond donors (Lipinski definition) is 1. The number of amides is 1. The SMILES string of the molecule is Cn1c([C@@H]2CCCN2CC(=O)Nc2ccc(C#N)c(Cl)c2)nc2ccccc21. The maximum Gasteiger partial charge on any atom is 0.238 e. The van der Waals surface area contributed by atoms with Crippen molar-refractivity contribution in [2.45, 2.75) is 18.9 Å². The van der Waals surface area contributed by atoms with Crippen LogP contribution in [0.5, 0.6) is 0 Å². The molecule has 2 aromatic carbocycles. The Labute approximate surface area is 168 Å². The van der Waals surface area contributed by atoms with Gasteiger partial charge in [0.15, 0.2) is 0 Å². The number of benzene rings is 2. The molecular formula is C21H20ClN5O. The number of carbonyl (C=O) groups excluding carboxylic acids is 1. The van der Waals surface area contributed by atoms with Crippen molar-refractivity contribution < 1.29 is 4.79 Å². The summed E-state index contributed by atoms with van der Waals surface area (Å²) in [7, 11) is 2.03. The van der Waals surface area contributed by atoms with Gasteiger partial charge in [-0.25, -0.2) is 4.98 Å². The predicted molar refractivity (Wildman–Crippen MR) is 109 cm³/mol. The largest absolute Gasteiger partial charge is 0.330 e. The van der Waals surface area contributed by atoms with Crippen molar-refractivity contribution in [3.8, 4) is 6.07 Å². The quantitative estimate of drug-likeness (QED) is 0.730. The molecule has 0 unspecified atom stereocenters. The van der Waals surface area contributed by atoms with E-state index >= 15 is 0 Å². The summed E-state index contributed by atoms with van der Waals surface area (Å²) < 4.78 is 2.12. The van der Waals surface area contributed by atoms with E-state index in [1.54, 1.807) is 18.2 Å². The van der Waals surface area contributed by atoms with Gasteiger partial charge in [0.25, 0.3) is 0 Å². The average molecular weight is 394 g/mol. The van der Waals surface area contributed by atoms with Crippen molar-refractivity contribution in [3.63, 3.8) is 0 Å². The normalized spacial score (nSPS) is 17.0. The van der Waals surface area contributed by atoms with Crippen LogP contribution in [0, 0.1) is 11.3 Å². The molecule has 0 bridgehead atoms. The van der Waals surface area contributed by atoms with Gasteiger partial charge in [0.05, 0.1) is 34.2 Å². The Hall–Kier alpha value is -2.88. The minimum Gasteiger partial charge on any atom is -0.330 e. The van der Waals surface area contributed by atoms with E-state index in [1.807, 2.05) is 31.3 Å². The first-order valence-corrected chi connectivity index (χ1v) is 9.59. The first-order valence-electron chi connectivity index (χ1n) is 9.21. The maximum absolute atomic E-state index is 12.6. The summed E-state index contributed by atoms with van der Waals surface area (Å²) in [6, 6.07) is 15.1. The van der Waals surface area contributed by atoms with Crippen molar-refractivity contribution in [1.29, 1.82) is 5.26 Å². The topological polar surface area (TPSA) is 74.0 Å². The molecule has 2 heterocycles. The summed E-state index contributed by atoms with van der Waals surface area (Å²) in [6.07, 6.45) is 2.01. The van der Waals surface area contributed by atoms with Gasteiger partial charge in [-0.15, -0.1) is 0 Å². The average Bonchev–Trinajstić information content (AvgIpc) is 3.26. The summed E-state index contributed by atoms with van der Waals surface area (Å²) in [5.74, 6) is 0.888. The molecule has 6 nitrogen and oxygen atoms in total. The molecule has 0 spiro atoms. The van der Waals surface area contributed by atoms with Crippen LogP contribution >= 0.6 is 11.6 Å². The highest BCUT2D eigenvalue weighted by Crippen LogP contribution is 2.32. The number of nitrogens with one attached hydrogen (secondary N) is 1. The second-order valence-corrected chi connectivity index (χ2v) is 7.41. The second kappa shape index (κ2) is 7.63. The van der Waals surface area contributed by atoms with E-state index < -0.39 is 0 Å². The second-order valence-electron chi connectivity index (χ2n) is 7.00. The Balaban J connectivity index is 1.49. The summed E-state index contributed by atoms with van der Waals surface area (Å²) in [5.41, 5.74) is 3.05. The Morgan fingerprint density at radius 1 is 1.36 bits per heavy atom. The van der Waals surface area contributed by atoms with Crippen molar-refractivity contribution >= 4 is 34.2 Å². The minimum absolute atomic E-state index is 0.105. The van der Waals surface area contributed by atoms with E-state index in [1.165, 1.54) is 0 Å². The first-order chi connectivity index (χ1) is 13.6. The van der Waals surface area contributed by atoms with Gasteiger partial charge in [-0.3, -0.25) is 9.69 Å². The lowest BCUT2D eigenvalue weighted by molar-refractivity contribution is -0.117. The standard InChI is InChI=1S/C21H20ClN5O/c1-26-18-6-3-2-5-17(18)25-21(26)19-7-4-10-27(19)13-20(28)24-15-9-8-14(12-23)16(22)11-15/h2-3,5-6,8-9,11,19H,4,7,10,13H2,1H3,(H,24,28)/t19-/m0/s1. The van der Waals surface area contributed by atoms with Gasteiger partial charge in [0.1, 0.15) is 11.9 Å². The number of halogens is 1. The van der Waals surface area contributed by atoms with Crippen molar-refractivity contribution in [2.75, 3.05) is 18.4 Å². The lowest BCUT2D eigenvalue weighted by Gasteiger charge is -2.23. The van der Waals surface area contributed by atoms with Crippen LogP contribution < -0.4 is 5.32 Å². The number of aryl methyl sites for hydroxylation is 1. The number of para-hydroxylation sites is 2. The lowest BCUT2D eigenvalue weighted by atomic mass is 10.2. The van der Waals surface area contributed by atoms with Crippen molar-refractivity contribution in [1.82, 2.24) is 14.5 Å². The number of nitrogens with zero attached hydrogens (tertiary/aromatic N) is 4. The van der Waals surface area contributed by atoms with Gasteiger partial charge >= 0.3 is 0 Å². The molecule has 4 rings (SSSR count). The van der Waals surface area contributed by atoms with Gasteiger partial charge in [-0.05, 0) is 49.7 Å². The summed E-state index contributed by atoms with van der Waals surface area (Å²) in [4.78, 5) is 19.6. The maximum atomic E-state index is 12.6. The molecule has 0 radical (unpaired) electrons. The number of likely N-dealkylation sites (tertiary alicyclic amines) is 1. The Bertz CT molecular complexity index is 1080. The van der Waals surface area contributed by atoms with Crippen LogP contribution in [0.2, 0.25) is 5.02 Å². The highest BCUT2D eigenvalue weighted by atomic mass is 35.5. The van der Waals surface area contributed by atoms with E-state index in [-0.39, 0.29) is 18.5 Å². The number of aromatic nitrogens is 2. The predicted octanol–water partition coefficient (Wildman–Crippen LogP) is 3.87. The molecule has 28 heavy (non-hydrogen) atoms. The van der Waals surface area contributed by atoms with Crippen LogP contribution in [-0.4, -0.2) is 33.4 Å². The molecule has 142 valence electrons. The number of imidazole rings is 1. The molecule has 0 aliphatic carbocycles. The van der Waals surface area contributed by atoms with Crippen molar-refractivity contribution in [2.24, 2.45) is 7.05 Å². The lowest BCUT2D eigenvalue weighted by Crippen LogP contribution is -2.33. The van der Waals surface area contributed by atoms with Crippen LogP contribution in [-0.2, 0) is 11.8 Å². The van der Waals surface area contributed by atoms with Gasteiger partial charge < -0.3 is 9.88 Å². The highest BCUT2D eigenvalue weighted by molar-refractivity contribution is 6.32. The molecule has 1 aromatic heterocycles. The molecule has 1 fully saturated rings. The molecule has 1 atom stereocenters. The monoisotopic (exact) mass is 393 g/mol. The minimum atomic E-state index is -0.105. The molecule has 1 saturated heterocycles. The van der Waals surface area contributed by atoms with Crippen LogP contribution in [0.25, 0.3) is 11.0 Å². The molecule has 1 N–H and O–H groups in total. The molecule has 1 aliphatic heterocycles. The Morgan fingerprint density at radius 3 is 2.93 bits per heavy atom. The molecule has 0 saturated carbocycles. The van der Waals surface area contributed by atoms with E-state index in [4.69, 9.17) is 21.8 Å². The first kappa shape index (κ1) is 18.5. The van der Waals surface area contributed by atoms with E-state index in [2.05, 4.69) is 20.9 Å². The van der Waals surface area contributed by atoms with Crippen LogP contribution in [0.4, 0.5) is 5.69 Å². The summed E-state index contributed by atoms with van der Waals surface area (Å²) in [5, 5.41) is 12.2. The molecule has 7 heteroatoms. The molecule has 3 aromatic rings. The zero-order chi connectivity index (χ0) is 19.7. The number of anilines is 1. The Kier molecular flexibility index (Phi) is 5.03. The van der Waals surface area contributed by atoms with Gasteiger partial charge in [-0.1, -0.05) is 23.7 Å². The number of carbonyl (C=O) groups is 1. The summed E-state index contributed by atoms with van der Waals surface area (Å²) in [6.45, 7) is 1.14. The fourth-order valence-electron chi connectivity index (χ4n) is 3.84. The number of fused-ring (bicyclic) bond motifs is 1. The number of hydrogen-bond acceptors (Lipinski definition) is 4. The van der Waals surface area contributed by atoms with Gasteiger partial charge in [0, 0.05) is 12.7 Å². The number of rotatable bonds is 4. The van der Waals surface area contributed by atoms with Gasteiger partial charge in [-0.2, -0.15) is 5.26 Å². The van der Waals surface area contributed by atoms with Gasteiger partial charge in [0.2, 0.25) is 5.91 Å². The zero-order valence-corrected chi connectivity index (χ0v) is 16.3. The van der Waals surface area contributed by atoms with E-state index in [9.17, 15) is 4.79 Å². The van der Waals surface area contributed by atoms with Crippen LogP contribution in [0.1, 0.15) is 30.3 Å². The third-order valence-electron chi connectivity index (χ3n) is 5.20. The fourth-order valence-corrected chi connectivity index (χ4v) is 4.06. The summed E-state index contributed by atoms with van der Waals surface area (Å²) >= 11 is 6.05. The fraction of sp³-hybridized carbons (Fsp3) is 0.286. The smallest absolute Gasteiger partial charge is 0.238 e. The van der Waals surface area contributed by atoms with Crippen LogP contribution in [0.3, 0.4) is 0 Å². The van der Waals surface area contributed by atoms with Crippen LogP contribution in [0.15, 0.2) is 42.5 Å². The van der Waals surface area contributed by atoms with E-state index in [0.29, 0.717) is 16.3 Å². The third-order valence-corrected chi connectivity index (χ3v) is 5.52. The molecular weight excluding hydrogens is 374 g/mol. The zero-order valence-electron chi connectivity index (χ0n) is 15.5. The van der Waals surface area contributed by atoms with Crippen molar-refractivity contribution in [3.05, 3.63) is 58.9 Å².